The van der Waals surface area contributed by atoms with E-state index in [-0.39, 0.29) is 0 Å². The van der Waals surface area contributed by atoms with Crippen molar-refractivity contribution < 1.29 is 5.11 Å². The standard InChI is InChI=1S/C18H23N3O/c22-14-15-7-10-21(11-8-15)18-6-2-1-5-17(18)20-13-16-4-3-9-19-12-16/h1-6,9,12,15,20,22H,7-8,10-11,13-14H2. The molecule has 22 heavy (non-hydrogen) atoms. The molecule has 1 aliphatic heterocycles. The predicted molar refractivity (Wildman–Crippen MR) is 90.0 cm³/mol. The molecule has 1 aromatic carbocycles. The van der Waals surface area contributed by atoms with Crippen molar-refractivity contribution in [1.82, 2.24) is 4.98 Å². The van der Waals surface area contributed by atoms with E-state index in [4.69, 9.17) is 0 Å². The van der Waals surface area contributed by atoms with E-state index in [2.05, 4.69) is 45.5 Å². The molecular formula is C18H23N3O. The number of para-hydroxylation sites is 2. The van der Waals surface area contributed by atoms with Gasteiger partial charge in [-0.05, 0) is 42.5 Å². The molecule has 0 saturated carbocycles. The number of benzene rings is 1. The van der Waals surface area contributed by atoms with Crippen molar-refractivity contribution in [1.29, 1.82) is 0 Å². The van der Waals surface area contributed by atoms with Gasteiger partial charge in [0.1, 0.15) is 0 Å². The van der Waals surface area contributed by atoms with E-state index in [1.807, 2.05) is 12.3 Å². The third-order valence-corrected chi connectivity index (χ3v) is 4.32. The van der Waals surface area contributed by atoms with Crippen LogP contribution in [0.25, 0.3) is 0 Å². The number of pyridine rings is 1. The second-order valence-electron chi connectivity index (χ2n) is 5.84. The Balaban J connectivity index is 1.68. The Bertz CT molecular complexity index is 580. The third kappa shape index (κ3) is 3.57. The van der Waals surface area contributed by atoms with E-state index in [1.54, 1.807) is 6.20 Å². The number of aliphatic hydroxyl groups excluding tert-OH is 1. The molecule has 1 aromatic heterocycles. The number of hydrogen-bond donors (Lipinski definition) is 2. The fraction of sp³-hybridized carbons (Fsp3) is 0.389. The quantitative estimate of drug-likeness (QED) is 0.891. The second kappa shape index (κ2) is 7.27. The first-order valence-electron chi connectivity index (χ1n) is 7.94. The minimum absolute atomic E-state index is 0.314. The van der Waals surface area contributed by atoms with Crippen LogP contribution in [0.5, 0.6) is 0 Å². The summed E-state index contributed by atoms with van der Waals surface area (Å²) in [5.74, 6) is 0.465. The fourth-order valence-corrected chi connectivity index (χ4v) is 2.96. The van der Waals surface area contributed by atoms with E-state index in [9.17, 15) is 5.11 Å². The molecule has 1 aliphatic rings. The molecule has 1 fully saturated rings. The van der Waals surface area contributed by atoms with Gasteiger partial charge in [0.05, 0.1) is 11.4 Å². The molecule has 3 rings (SSSR count). The molecule has 0 spiro atoms. The lowest BCUT2D eigenvalue weighted by Crippen LogP contribution is -2.35. The van der Waals surface area contributed by atoms with Crippen molar-refractivity contribution >= 4 is 11.4 Å². The summed E-state index contributed by atoms with van der Waals surface area (Å²) in [6.07, 6.45) is 5.81. The summed E-state index contributed by atoms with van der Waals surface area (Å²) < 4.78 is 0. The van der Waals surface area contributed by atoms with Crippen LogP contribution in [0.15, 0.2) is 48.8 Å². The zero-order chi connectivity index (χ0) is 15.2. The fourth-order valence-electron chi connectivity index (χ4n) is 2.96. The van der Waals surface area contributed by atoms with Crippen molar-refractivity contribution in [2.75, 3.05) is 29.9 Å². The third-order valence-electron chi connectivity index (χ3n) is 4.32. The lowest BCUT2D eigenvalue weighted by molar-refractivity contribution is 0.203. The Morgan fingerprint density at radius 2 is 1.95 bits per heavy atom. The smallest absolute Gasteiger partial charge is 0.0602 e. The number of nitrogens with one attached hydrogen (secondary N) is 1. The van der Waals surface area contributed by atoms with Gasteiger partial charge in [-0.25, -0.2) is 0 Å². The Morgan fingerprint density at radius 3 is 2.68 bits per heavy atom. The van der Waals surface area contributed by atoms with Gasteiger partial charge in [0.25, 0.3) is 0 Å². The van der Waals surface area contributed by atoms with Crippen LogP contribution in [0, 0.1) is 5.92 Å². The molecule has 116 valence electrons. The van der Waals surface area contributed by atoms with Crippen LogP contribution < -0.4 is 10.2 Å². The van der Waals surface area contributed by atoms with Gasteiger partial charge < -0.3 is 15.3 Å². The van der Waals surface area contributed by atoms with Crippen LogP contribution in [0.4, 0.5) is 11.4 Å². The Hall–Kier alpha value is -2.07. The van der Waals surface area contributed by atoms with E-state index in [0.29, 0.717) is 12.5 Å². The summed E-state index contributed by atoms with van der Waals surface area (Å²) in [6, 6.07) is 12.5. The van der Waals surface area contributed by atoms with Crippen molar-refractivity contribution in [2.45, 2.75) is 19.4 Å². The number of nitrogens with zero attached hydrogens (tertiary/aromatic N) is 2. The van der Waals surface area contributed by atoms with Crippen LogP contribution in [0.2, 0.25) is 0 Å². The van der Waals surface area contributed by atoms with Gasteiger partial charge in [0.15, 0.2) is 0 Å². The molecule has 0 aliphatic carbocycles. The van der Waals surface area contributed by atoms with Crippen molar-refractivity contribution in [3.8, 4) is 0 Å². The van der Waals surface area contributed by atoms with Gasteiger partial charge in [-0.1, -0.05) is 18.2 Å². The van der Waals surface area contributed by atoms with E-state index in [0.717, 1.165) is 38.2 Å². The average molecular weight is 297 g/mol. The summed E-state index contributed by atoms with van der Waals surface area (Å²) in [4.78, 5) is 6.57. The second-order valence-corrected chi connectivity index (χ2v) is 5.84. The van der Waals surface area contributed by atoms with Gasteiger partial charge in [-0.2, -0.15) is 0 Å². The monoisotopic (exact) mass is 297 g/mol. The van der Waals surface area contributed by atoms with Crippen LogP contribution in [0.3, 0.4) is 0 Å². The number of piperidine rings is 1. The van der Waals surface area contributed by atoms with Crippen molar-refractivity contribution in [3.63, 3.8) is 0 Å². The molecule has 1 saturated heterocycles. The first kappa shape index (κ1) is 14.9. The maximum absolute atomic E-state index is 9.28. The molecule has 4 nitrogen and oxygen atoms in total. The molecule has 2 heterocycles. The SMILES string of the molecule is OCC1CCN(c2ccccc2NCc2cccnc2)CC1. The average Bonchev–Trinajstić information content (AvgIpc) is 2.61. The van der Waals surface area contributed by atoms with Gasteiger partial charge >= 0.3 is 0 Å². The van der Waals surface area contributed by atoms with Gasteiger partial charge in [0.2, 0.25) is 0 Å². The molecule has 4 heteroatoms. The number of aromatic nitrogens is 1. The van der Waals surface area contributed by atoms with Crippen LogP contribution in [-0.2, 0) is 6.54 Å². The molecule has 2 N–H and O–H groups in total. The van der Waals surface area contributed by atoms with Crippen LogP contribution in [-0.4, -0.2) is 29.8 Å². The maximum Gasteiger partial charge on any atom is 0.0602 e. The first-order valence-corrected chi connectivity index (χ1v) is 7.94. The Morgan fingerprint density at radius 1 is 1.14 bits per heavy atom. The predicted octanol–water partition coefficient (Wildman–Crippen LogP) is 2.90. The van der Waals surface area contributed by atoms with Gasteiger partial charge in [-0.3, -0.25) is 4.98 Å². The summed E-state index contributed by atoms with van der Waals surface area (Å²) in [5, 5.41) is 12.8. The Labute approximate surface area is 131 Å². The van der Waals surface area contributed by atoms with Crippen molar-refractivity contribution in [3.05, 3.63) is 54.4 Å². The highest BCUT2D eigenvalue weighted by molar-refractivity contribution is 5.70. The van der Waals surface area contributed by atoms with Crippen LogP contribution >= 0.6 is 0 Å². The lowest BCUT2D eigenvalue weighted by atomic mass is 9.97. The lowest BCUT2D eigenvalue weighted by Gasteiger charge is -2.34. The first-order chi connectivity index (χ1) is 10.9. The number of rotatable bonds is 5. The minimum atomic E-state index is 0.314. The van der Waals surface area contributed by atoms with Gasteiger partial charge in [0, 0.05) is 38.6 Å². The highest BCUT2D eigenvalue weighted by atomic mass is 16.3. The highest BCUT2D eigenvalue weighted by Gasteiger charge is 2.20. The molecule has 0 bridgehead atoms. The largest absolute Gasteiger partial charge is 0.396 e. The molecule has 0 unspecified atom stereocenters. The van der Waals surface area contributed by atoms with Crippen LogP contribution in [0.1, 0.15) is 18.4 Å². The minimum Gasteiger partial charge on any atom is -0.396 e. The van der Waals surface area contributed by atoms with E-state index in [1.165, 1.54) is 11.3 Å². The molecule has 0 atom stereocenters. The zero-order valence-electron chi connectivity index (χ0n) is 12.8. The molecule has 2 aromatic rings. The van der Waals surface area contributed by atoms with E-state index < -0.39 is 0 Å². The Kier molecular flexibility index (Phi) is 4.91. The van der Waals surface area contributed by atoms with Crippen molar-refractivity contribution in [2.24, 2.45) is 5.92 Å². The summed E-state index contributed by atoms with van der Waals surface area (Å²) in [5.41, 5.74) is 3.59. The molecular weight excluding hydrogens is 274 g/mol. The highest BCUT2D eigenvalue weighted by Crippen LogP contribution is 2.29. The number of hydrogen-bond acceptors (Lipinski definition) is 4. The number of aliphatic hydroxyl groups is 1. The number of anilines is 2. The van der Waals surface area contributed by atoms with Gasteiger partial charge in [-0.15, -0.1) is 0 Å². The zero-order valence-corrected chi connectivity index (χ0v) is 12.8. The summed E-state index contributed by atoms with van der Waals surface area (Å²) >= 11 is 0. The summed E-state index contributed by atoms with van der Waals surface area (Å²) in [6.45, 7) is 3.11. The normalized spacial score (nSPS) is 15.8. The summed E-state index contributed by atoms with van der Waals surface area (Å²) in [7, 11) is 0. The maximum atomic E-state index is 9.28. The van der Waals surface area contributed by atoms with E-state index >= 15 is 0 Å². The topological polar surface area (TPSA) is 48.4 Å². The molecule has 0 radical (unpaired) electrons. The molecule has 0 amide bonds.